The van der Waals surface area contributed by atoms with Crippen molar-refractivity contribution in [3.8, 4) is 5.75 Å². The topological polar surface area (TPSA) is 58.6 Å². The maximum absolute atomic E-state index is 12.6. The van der Waals surface area contributed by atoms with Gasteiger partial charge in [-0.1, -0.05) is 30.3 Å². The first kappa shape index (κ1) is 19.2. The highest BCUT2D eigenvalue weighted by atomic mass is 16.5. The minimum atomic E-state index is -0.260. The highest BCUT2D eigenvalue weighted by Crippen LogP contribution is 2.21. The quantitative estimate of drug-likeness (QED) is 0.685. The van der Waals surface area contributed by atoms with Gasteiger partial charge in [0.15, 0.2) is 0 Å². The van der Waals surface area contributed by atoms with Gasteiger partial charge in [0.1, 0.15) is 5.75 Å². The molecule has 5 nitrogen and oxygen atoms in total. The predicted molar refractivity (Wildman–Crippen MR) is 111 cm³/mol. The number of nitrogens with one attached hydrogen (secondary N) is 1. The summed E-state index contributed by atoms with van der Waals surface area (Å²) < 4.78 is 5.50. The zero-order chi connectivity index (χ0) is 19.9. The summed E-state index contributed by atoms with van der Waals surface area (Å²) in [4.78, 5) is 26.8. The van der Waals surface area contributed by atoms with Gasteiger partial charge in [0.05, 0.1) is 12.2 Å². The third kappa shape index (κ3) is 4.38. The molecule has 0 heterocycles. The van der Waals surface area contributed by atoms with E-state index in [-0.39, 0.29) is 11.8 Å². The van der Waals surface area contributed by atoms with E-state index in [9.17, 15) is 9.59 Å². The second kappa shape index (κ2) is 8.86. The molecule has 0 aliphatic heterocycles. The number of para-hydroxylation sites is 2. The van der Waals surface area contributed by atoms with E-state index in [1.165, 1.54) is 0 Å². The lowest BCUT2D eigenvalue weighted by atomic mass is 10.1. The van der Waals surface area contributed by atoms with Gasteiger partial charge in [-0.15, -0.1) is 0 Å². The second-order valence-corrected chi connectivity index (χ2v) is 6.16. The Morgan fingerprint density at radius 3 is 2.21 bits per heavy atom. The maximum Gasteiger partial charge on any atom is 0.259 e. The summed E-state index contributed by atoms with van der Waals surface area (Å²) in [5.41, 5.74) is 2.43. The third-order valence-electron chi connectivity index (χ3n) is 4.27. The number of anilines is 2. The lowest BCUT2D eigenvalue weighted by Gasteiger charge is -2.17. The number of carbonyl (C=O) groups excluding carboxylic acids is 2. The van der Waals surface area contributed by atoms with Gasteiger partial charge in [-0.05, 0) is 55.5 Å². The van der Waals surface area contributed by atoms with E-state index in [2.05, 4.69) is 5.32 Å². The normalized spacial score (nSPS) is 10.2. The molecule has 0 aliphatic rings. The third-order valence-corrected chi connectivity index (χ3v) is 4.27. The van der Waals surface area contributed by atoms with Gasteiger partial charge < -0.3 is 15.0 Å². The zero-order valence-electron chi connectivity index (χ0n) is 15.9. The van der Waals surface area contributed by atoms with Gasteiger partial charge in [0.25, 0.3) is 11.8 Å². The maximum atomic E-state index is 12.6. The molecule has 142 valence electrons. The molecule has 5 heteroatoms. The molecule has 0 radical (unpaired) electrons. The van der Waals surface area contributed by atoms with Crippen LogP contribution in [0.15, 0.2) is 78.9 Å². The largest absolute Gasteiger partial charge is 0.493 e. The minimum absolute atomic E-state index is 0.120. The molecule has 28 heavy (non-hydrogen) atoms. The van der Waals surface area contributed by atoms with E-state index >= 15 is 0 Å². The fourth-order valence-corrected chi connectivity index (χ4v) is 2.79. The van der Waals surface area contributed by atoms with Crippen LogP contribution in [0.5, 0.6) is 5.75 Å². The van der Waals surface area contributed by atoms with Gasteiger partial charge in [-0.25, -0.2) is 0 Å². The van der Waals surface area contributed by atoms with Crippen LogP contribution in [0, 0.1) is 0 Å². The Morgan fingerprint density at radius 2 is 1.54 bits per heavy atom. The minimum Gasteiger partial charge on any atom is -0.493 e. The Balaban J connectivity index is 1.71. The molecule has 0 fully saturated rings. The van der Waals surface area contributed by atoms with Crippen LogP contribution in [0.1, 0.15) is 27.6 Å². The predicted octanol–water partition coefficient (Wildman–Crippen LogP) is 4.61. The van der Waals surface area contributed by atoms with Crippen LogP contribution in [0.2, 0.25) is 0 Å². The lowest BCUT2D eigenvalue weighted by molar-refractivity contribution is 0.0991. The lowest BCUT2D eigenvalue weighted by Crippen LogP contribution is -2.26. The molecule has 2 amide bonds. The molecule has 3 aromatic carbocycles. The van der Waals surface area contributed by atoms with Crippen LogP contribution >= 0.6 is 0 Å². The van der Waals surface area contributed by atoms with Crippen molar-refractivity contribution in [3.63, 3.8) is 0 Å². The van der Waals surface area contributed by atoms with Crippen molar-refractivity contribution in [2.75, 3.05) is 23.9 Å². The second-order valence-electron chi connectivity index (χ2n) is 6.16. The zero-order valence-corrected chi connectivity index (χ0v) is 15.9. The van der Waals surface area contributed by atoms with Crippen molar-refractivity contribution >= 4 is 23.2 Å². The number of hydrogen-bond acceptors (Lipinski definition) is 3. The first-order valence-electron chi connectivity index (χ1n) is 9.06. The molecule has 0 saturated carbocycles. The first-order valence-corrected chi connectivity index (χ1v) is 9.06. The number of hydrogen-bond donors (Lipinski definition) is 1. The van der Waals surface area contributed by atoms with Gasteiger partial charge in [0, 0.05) is 24.0 Å². The molecular weight excluding hydrogens is 352 g/mol. The molecular formula is C23H22N2O3. The summed E-state index contributed by atoms with van der Waals surface area (Å²) in [6, 6.07) is 23.4. The smallest absolute Gasteiger partial charge is 0.259 e. The van der Waals surface area contributed by atoms with Crippen LogP contribution in [-0.4, -0.2) is 25.5 Å². The Hall–Kier alpha value is -3.60. The average molecular weight is 374 g/mol. The fraction of sp³-hybridized carbons (Fsp3) is 0.130. The molecule has 0 aromatic heterocycles. The van der Waals surface area contributed by atoms with Crippen molar-refractivity contribution < 1.29 is 14.3 Å². The summed E-state index contributed by atoms with van der Waals surface area (Å²) in [5.74, 6) is 0.161. The van der Waals surface area contributed by atoms with Gasteiger partial charge in [0.2, 0.25) is 0 Å². The number of ether oxygens (including phenoxy) is 1. The van der Waals surface area contributed by atoms with Crippen molar-refractivity contribution in [1.82, 2.24) is 0 Å². The van der Waals surface area contributed by atoms with Crippen LogP contribution in [0.25, 0.3) is 0 Å². The molecule has 0 atom stereocenters. The Morgan fingerprint density at radius 1 is 0.893 bits per heavy atom. The van der Waals surface area contributed by atoms with Crippen LogP contribution < -0.4 is 15.0 Å². The monoisotopic (exact) mass is 374 g/mol. The molecule has 3 rings (SSSR count). The van der Waals surface area contributed by atoms with E-state index in [1.807, 2.05) is 43.3 Å². The van der Waals surface area contributed by atoms with E-state index < -0.39 is 0 Å². The molecule has 0 aliphatic carbocycles. The van der Waals surface area contributed by atoms with Gasteiger partial charge in [-0.3, -0.25) is 9.59 Å². The number of nitrogens with zero attached hydrogens (tertiary/aromatic N) is 1. The van der Waals surface area contributed by atoms with Crippen molar-refractivity contribution in [2.45, 2.75) is 6.92 Å². The van der Waals surface area contributed by atoms with Gasteiger partial charge in [-0.2, -0.15) is 0 Å². The first-order chi connectivity index (χ1) is 13.6. The molecule has 1 N–H and O–H groups in total. The van der Waals surface area contributed by atoms with Crippen molar-refractivity contribution in [1.29, 1.82) is 0 Å². The average Bonchev–Trinajstić information content (AvgIpc) is 2.74. The van der Waals surface area contributed by atoms with E-state index in [0.29, 0.717) is 29.2 Å². The fourth-order valence-electron chi connectivity index (χ4n) is 2.79. The molecule has 0 bridgehead atoms. The highest BCUT2D eigenvalue weighted by Gasteiger charge is 2.15. The Labute approximate surface area is 164 Å². The Kier molecular flexibility index (Phi) is 6.07. The number of amides is 2. The van der Waals surface area contributed by atoms with Crippen molar-refractivity contribution in [3.05, 3.63) is 90.0 Å². The summed E-state index contributed by atoms with van der Waals surface area (Å²) in [7, 11) is 1.73. The van der Waals surface area contributed by atoms with E-state index in [0.717, 1.165) is 5.69 Å². The summed E-state index contributed by atoms with van der Waals surface area (Å²) in [5, 5.41) is 2.84. The number of carbonyl (C=O) groups is 2. The van der Waals surface area contributed by atoms with E-state index in [4.69, 9.17) is 4.74 Å². The van der Waals surface area contributed by atoms with Crippen molar-refractivity contribution in [2.24, 2.45) is 0 Å². The van der Waals surface area contributed by atoms with E-state index in [1.54, 1.807) is 54.4 Å². The summed E-state index contributed by atoms with van der Waals surface area (Å²) in [6.07, 6.45) is 0. The molecule has 3 aromatic rings. The Bertz CT molecular complexity index is 953. The SMILES string of the molecule is CCOc1ccccc1C(=O)Nc1ccc(C(=O)N(C)c2ccccc2)cc1. The van der Waals surface area contributed by atoms with Crippen LogP contribution in [-0.2, 0) is 0 Å². The number of benzene rings is 3. The molecule has 0 spiro atoms. The van der Waals surface area contributed by atoms with Gasteiger partial charge >= 0.3 is 0 Å². The molecule has 0 saturated heterocycles. The standard InChI is InChI=1S/C23H22N2O3/c1-3-28-21-12-8-7-11-20(21)22(26)24-18-15-13-17(14-16-18)23(27)25(2)19-9-5-4-6-10-19/h4-16H,3H2,1-2H3,(H,24,26). The van der Waals surface area contributed by atoms with Crippen LogP contribution in [0.3, 0.4) is 0 Å². The highest BCUT2D eigenvalue weighted by molar-refractivity contribution is 6.08. The number of rotatable bonds is 6. The molecule has 0 unspecified atom stereocenters. The van der Waals surface area contributed by atoms with Crippen LogP contribution in [0.4, 0.5) is 11.4 Å². The summed E-state index contributed by atoms with van der Waals surface area (Å²) >= 11 is 0. The summed E-state index contributed by atoms with van der Waals surface area (Å²) in [6.45, 7) is 2.35.